The molecular weight excluding hydrogens is 743 g/mol. The van der Waals surface area contributed by atoms with E-state index in [1.54, 1.807) is 0 Å². The largest absolute Gasteiger partial charge is 0.472 e. The van der Waals surface area contributed by atoms with E-state index in [0.717, 1.165) is 38.5 Å². The summed E-state index contributed by atoms with van der Waals surface area (Å²) in [5, 5.41) is 19.2. The van der Waals surface area contributed by atoms with Gasteiger partial charge in [0.25, 0.3) is 0 Å². The molecule has 3 unspecified atom stereocenters. The number of phosphoric acid groups is 1. The van der Waals surface area contributed by atoms with Crippen molar-refractivity contribution in [1.82, 2.24) is 0 Å². The predicted molar refractivity (Wildman–Crippen MR) is 233 cm³/mol. The van der Waals surface area contributed by atoms with Crippen LogP contribution in [0.4, 0.5) is 0 Å². The number of phosphoric ester groups is 1. The Hall–Kier alpha value is -1.03. The number of carbonyl (C=O) groups is 2. The third kappa shape index (κ3) is 41.5. The van der Waals surface area contributed by atoms with Crippen LogP contribution in [0, 0.1) is 0 Å². The van der Waals surface area contributed by atoms with Crippen molar-refractivity contribution < 1.29 is 47.8 Å². The number of aliphatic hydroxyl groups is 2. The Kier molecular flexibility index (Phi) is 42.3. The van der Waals surface area contributed by atoms with E-state index in [1.807, 2.05) is 0 Å². The molecule has 340 valence electrons. The van der Waals surface area contributed by atoms with Crippen LogP contribution in [-0.4, -0.2) is 65.7 Å². The van der Waals surface area contributed by atoms with E-state index in [9.17, 15) is 29.3 Å². The molecule has 0 bridgehead atoms. The van der Waals surface area contributed by atoms with Crippen molar-refractivity contribution in [2.45, 2.75) is 257 Å². The van der Waals surface area contributed by atoms with Gasteiger partial charge in [-0.3, -0.25) is 18.6 Å². The lowest BCUT2D eigenvalue weighted by atomic mass is 10.0. The fourth-order valence-corrected chi connectivity index (χ4v) is 7.90. The maximum absolute atomic E-state index is 12.4. The topological polar surface area (TPSA) is 149 Å². The standard InChI is InChI=1S/C46H91O10P/c1-3-5-7-9-11-13-15-17-19-20-21-22-24-26-28-30-32-34-36-38-46(50)56-44(40-48)42-54-57(51,52)53-41-43(39-47)55-45(49)37-35-33-31-29-27-25-23-18-16-14-12-10-8-6-4-2/h43-44,47-48H,3-42H2,1-2H3,(H,51,52). The van der Waals surface area contributed by atoms with Gasteiger partial charge in [-0.05, 0) is 12.8 Å². The van der Waals surface area contributed by atoms with Crippen molar-refractivity contribution in [2.24, 2.45) is 0 Å². The summed E-state index contributed by atoms with van der Waals surface area (Å²) >= 11 is 0. The molecule has 0 aromatic carbocycles. The molecule has 0 radical (unpaired) electrons. The van der Waals surface area contributed by atoms with Crippen molar-refractivity contribution in [1.29, 1.82) is 0 Å². The number of aliphatic hydroxyl groups excluding tert-OH is 2. The number of carbonyl (C=O) groups excluding carboxylic acids is 2. The van der Waals surface area contributed by atoms with Gasteiger partial charge in [-0.2, -0.15) is 0 Å². The maximum atomic E-state index is 12.4. The van der Waals surface area contributed by atoms with Crippen molar-refractivity contribution in [3.05, 3.63) is 0 Å². The first-order valence-electron chi connectivity index (χ1n) is 24.0. The van der Waals surface area contributed by atoms with Gasteiger partial charge in [-0.25, -0.2) is 4.57 Å². The molecule has 0 saturated heterocycles. The first-order valence-corrected chi connectivity index (χ1v) is 25.5. The Morgan fingerprint density at radius 3 is 0.825 bits per heavy atom. The Balaban J connectivity index is 3.82. The van der Waals surface area contributed by atoms with E-state index in [-0.39, 0.29) is 12.8 Å². The zero-order valence-electron chi connectivity index (χ0n) is 37.1. The van der Waals surface area contributed by atoms with Gasteiger partial charge in [0.15, 0.2) is 0 Å². The van der Waals surface area contributed by atoms with Crippen molar-refractivity contribution >= 4 is 19.8 Å². The normalized spacial score (nSPS) is 13.7. The van der Waals surface area contributed by atoms with Crippen LogP contribution in [-0.2, 0) is 32.7 Å². The summed E-state index contributed by atoms with van der Waals surface area (Å²) < 4.78 is 32.7. The summed E-state index contributed by atoms with van der Waals surface area (Å²) in [5.74, 6) is -1.00. The molecule has 0 spiro atoms. The molecule has 57 heavy (non-hydrogen) atoms. The molecule has 11 heteroatoms. The van der Waals surface area contributed by atoms with Crippen molar-refractivity contribution in [3.63, 3.8) is 0 Å². The lowest BCUT2D eigenvalue weighted by molar-refractivity contribution is -0.153. The maximum Gasteiger partial charge on any atom is 0.472 e. The highest BCUT2D eigenvalue weighted by molar-refractivity contribution is 7.47. The fourth-order valence-electron chi connectivity index (χ4n) is 7.12. The molecule has 0 heterocycles. The number of unbranched alkanes of at least 4 members (excludes halogenated alkanes) is 32. The Morgan fingerprint density at radius 1 is 0.404 bits per heavy atom. The number of ether oxygens (including phenoxy) is 2. The lowest BCUT2D eigenvalue weighted by Gasteiger charge is -2.20. The molecule has 0 aliphatic heterocycles. The Morgan fingerprint density at radius 2 is 0.614 bits per heavy atom. The minimum atomic E-state index is -4.63. The number of rotatable bonds is 46. The quantitative estimate of drug-likeness (QED) is 0.0307. The van der Waals surface area contributed by atoms with Gasteiger partial charge in [-0.15, -0.1) is 0 Å². The van der Waals surface area contributed by atoms with Gasteiger partial charge in [0.1, 0.15) is 12.2 Å². The minimum absolute atomic E-state index is 0.200. The molecule has 3 N–H and O–H groups in total. The molecule has 3 atom stereocenters. The van der Waals surface area contributed by atoms with Crippen molar-refractivity contribution in [3.8, 4) is 0 Å². The molecule has 0 fully saturated rings. The monoisotopic (exact) mass is 835 g/mol. The van der Waals surface area contributed by atoms with E-state index >= 15 is 0 Å². The molecule has 0 aliphatic carbocycles. The highest BCUT2D eigenvalue weighted by atomic mass is 31.2. The van der Waals surface area contributed by atoms with Crippen LogP contribution in [0.15, 0.2) is 0 Å². The number of esters is 2. The van der Waals surface area contributed by atoms with Gasteiger partial charge < -0.3 is 24.6 Å². The second kappa shape index (κ2) is 43.1. The van der Waals surface area contributed by atoms with Crippen LogP contribution >= 0.6 is 7.82 Å². The average Bonchev–Trinajstić information content (AvgIpc) is 3.20. The van der Waals surface area contributed by atoms with E-state index in [1.165, 1.54) is 167 Å². The summed E-state index contributed by atoms with van der Waals surface area (Å²) in [6.07, 6.45) is 40.7. The Labute approximate surface area is 350 Å². The number of hydrogen-bond acceptors (Lipinski definition) is 9. The van der Waals surface area contributed by atoms with Crippen LogP contribution < -0.4 is 0 Å². The highest BCUT2D eigenvalue weighted by Gasteiger charge is 2.27. The van der Waals surface area contributed by atoms with Crippen LogP contribution in [0.1, 0.15) is 245 Å². The smallest absolute Gasteiger partial charge is 0.457 e. The van der Waals surface area contributed by atoms with E-state index in [4.69, 9.17) is 18.5 Å². The van der Waals surface area contributed by atoms with Gasteiger partial charge in [0.2, 0.25) is 0 Å². The third-order valence-corrected chi connectivity index (χ3v) is 11.8. The molecule has 0 saturated carbocycles. The fraction of sp³-hybridized carbons (Fsp3) is 0.957. The second-order valence-electron chi connectivity index (χ2n) is 16.5. The molecule has 0 rings (SSSR count). The van der Waals surface area contributed by atoms with E-state index < -0.39 is 58.4 Å². The zero-order valence-corrected chi connectivity index (χ0v) is 38.0. The molecule has 0 aromatic heterocycles. The van der Waals surface area contributed by atoms with Crippen molar-refractivity contribution in [2.75, 3.05) is 26.4 Å². The summed E-state index contributed by atoms with van der Waals surface area (Å²) in [5.41, 5.74) is 0. The molecular formula is C46H91O10P. The van der Waals surface area contributed by atoms with Crippen LogP contribution in [0.25, 0.3) is 0 Å². The SMILES string of the molecule is CCCCCCCCCCCCCCCCCCCCCC(=O)OC(CO)COP(=O)(O)OCC(CO)OC(=O)CCCCCCCCCCCCCCCCC. The van der Waals surface area contributed by atoms with Crippen LogP contribution in [0.5, 0.6) is 0 Å². The average molecular weight is 835 g/mol. The minimum Gasteiger partial charge on any atom is -0.457 e. The van der Waals surface area contributed by atoms with Crippen LogP contribution in [0.2, 0.25) is 0 Å². The van der Waals surface area contributed by atoms with E-state index in [0.29, 0.717) is 12.8 Å². The second-order valence-corrected chi connectivity index (χ2v) is 17.9. The van der Waals surface area contributed by atoms with Gasteiger partial charge >= 0.3 is 19.8 Å². The van der Waals surface area contributed by atoms with Crippen LogP contribution in [0.3, 0.4) is 0 Å². The lowest BCUT2D eigenvalue weighted by Crippen LogP contribution is -2.28. The first kappa shape index (κ1) is 56.0. The summed E-state index contributed by atoms with van der Waals surface area (Å²) in [6.45, 7) is 2.27. The molecule has 10 nitrogen and oxygen atoms in total. The van der Waals surface area contributed by atoms with Gasteiger partial charge in [0, 0.05) is 12.8 Å². The summed E-state index contributed by atoms with van der Waals surface area (Å²) in [4.78, 5) is 34.6. The van der Waals surface area contributed by atoms with E-state index in [2.05, 4.69) is 13.8 Å². The highest BCUT2D eigenvalue weighted by Crippen LogP contribution is 2.43. The first-order chi connectivity index (χ1) is 27.8. The van der Waals surface area contributed by atoms with Gasteiger partial charge in [-0.1, -0.05) is 219 Å². The summed E-state index contributed by atoms with van der Waals surface area (Å²) in [7, 11) is -4.63. The molecule has 0 aliphatic rings. The predicted octanol–water partition coefficient (Wildman–Crippen LogP) is 13.0. The molecule has 0 aromatic rings. The zero-order chi connectivity index (χ0) is 41.9. The Bertz CT molecular complexity index is 920. The molecule has 0 amide bonds. The van der Waals surface area contributed by atoms with Gasteiger partial charge in [0.05, 0.1) is 26.4 Å². The number of hydrogen-bond donors (Lipinski definition) is 3. The summed E-state index contributed by atoms with van der Waals surface area (Å²) in [6, 6.07) is 0. The third-order valence-electron chi connectivity index (χ3n) is 10.8.